The first-order valence-electron chi connectivity index (χ1n) is 9.62. The van der Waals surface area contributed by atoms with Crippen LogP contribution in [0.1, 0.15) is 28.0 Å². The molecule has 3 heterocycles. The topological polar surface area (TPSA) is 76.0 Å². The number of aromatic nitrogens is 2. The average Bonchev–Trinajstić information content (AvgIpc) is 3.16. The van der Waals surface area contributed by atoms with E-state index >= 15 is 0 Å². The van der Waals surface area contributed by atoms with Crippen molar-refractivity contribution in [3.05, 3.63) is 82.2 Å². The summed E-state index contributed by atoms with van der Waals surface area (Å²) in [5.41, 5.74) is 9.60. The number of rotatable bonds is 3. The molecule has 160 valence electrons. The van der Waals surface area contributed by atoms with Crippen LogP contribution >= 0.6 is 0 Å². The molecule has 2 aromatic heterocycles. The Balaban J connectivity index is 1.63. The van der Waals surface area contributed by atoms with E-state index in [0.717, 1.165) is 17.7 Å². The number of hydrogen-bond donors (Lipinski definition) is 1. The summed E-state index contributed by atoms with van der Waals surface area (Å²) in [6.45, 7) is 2.38. The molecule has 0 fully saturated rings. The van der Waals surface area contributed by atoms with Crippen molar-refractivity contribution in [1.82, 2.24) is 14.3 Å². The molecule has 3 aromatic rings. The molecule has 31 heavy (non-hydrogen) atoms. The van der Waals surface area contributed by atoms with E-state index in [-0.39, 0.29) is 23.7 Å². The van der Waals surface area contributed by atoms with E-state index in [1.807, 2.05) is 25.3 Å². The third kappa shape index (κ3) is 3.67. The number of amides is 1. The van der Waals surface area contributed by atoms with E-state index in [9.17, 15) is 18.0 Å². The molecule has 6 nitrogen and oxygen atoms in total. The second kappa shape index (κ2) is 7.90. The monoisotopic (exact) mass is 427 g/mol. The molecule has 1 amide bonds. The van der Waals surface area contributed by atoms with Crippen LogP contribution in [-0.2, 0) is 0 Å². The van der Waals surface area contributed by atoms with E-state index in [0.29, 0.717) is 35.6 Å². The van der Waals surface area contributed by atoms with Crippen LogP contribution in [0.25, 0.3) is 5.65 Å². The van der Waals surface area contributed by atoms with Crippen LogP contribution < -0.4 is 5.73 Å². The van der Waals surface area contributed by atoms with Gasteiger partial charge < -0.3 is 10.6 Å². The second-order valence-electron chi connectivity index (χ2n) is 7.38. The first kappa shape index (κ1) is 20.6. The Hall–Kier alpha value is -3.62. The molecule has 1 aliphatic rings. The van der Waals surface area contributed by atoms with Crippen LogP contribution in [-0.4, -0.2) is 46.0 Å². The normalized spacial score (nSPS) is 15.1. The van der Waals surface area contributed by atoms with Gasteiger partial charge in [0.25, 0.3) is 5.91 Å². The third-order valence-electron chi connectivity index (χ3n) is 5.31. The highest BCUT2D eigenvalue weighted by Gasteiger charge is 2.27. The van der Waals surface area contributed by atoms with Crippen molar-refractivity contribution in [2.24, 2.45) is 10.7 Å². The summed E-state index contributed by atoms with van der Waals surface area (Å²) in [6, 6.07) is 5.52. The fraction of sp³-hybridized carbons (Fsp3) is 0.227. The first-order valence-corrected chi connectivity index (χ1v) is 9.62. The van der Waals surface area contributed by atoms with Gasteiger partial charge in [0, 0.05) is 36.6 Å². The van der Waals surface area contributed by atoms with Crippen molar-refractivity contribution in [2.45, 2.75) is 13.3 Å². The fourth-order valence-corrected chi connectivity index (χ4v) is 3.77. The second-order valence-corrected chi connectivity index (χ2v) is 7.38. The number of hydrogen-bond acceptors (Lipinski definition) is 4. The number of fused-ring (bicyclic) bond motifs is 1. The van der Waals surface area contributed by atoms with E-state index in [4.69, 9.17) is 5.73 Å². The quantitative estimate of drug-likeness (QED) is 0.515. The van der Waals surface area contributed by atoms with Crippen molar-refractivity contribution in [3.63, 3.8) is 0 Å². The van der Waals surface area contributed by atoms with Crippen LogP contribution in [0.15, 0.2) is 52.9 Å². The van der Waals surface area contributed by atoms with Gasteiger partial charge in [-0.3, -0.25) is 14.2 Å². The molecule has 0 unspecified atom stereocenters. The Kier molecular flexibility index (Phi) is 5.26. The standard InChI is InChI=1S/C22H20F3N5O/c1-12-3-4-19-28-9-18(30(19)10-12)22(31)29-6-5-14(17(26)11-29)21(27-2)13-7-15(23)20(25)16(24)8-13/h3-4,7-10H,5-6,11,26H2,1-2H3. The zero-order valence-corrected chi connectivity index (χ0v) is 17.0. The molecule has 0 saturated carbocycles. The van der Waals surface area contributed by atoms with Gasteiger partial charge in [0.05, 0.1) is 18.5 Å². The Morgan fingerprint density at radius 3 is 2.55 bits per heavy atom. The minimum atomic E-state index is -1.54. The number of aliphatic imine (C=N–C) groups is 1. The molecule has 0 radical (unpaired) electrons. The van der Waals surface area contributed by atoms with E-state index < -0.39 is 17.5 Å². The summed E-state index contributed by atoms with van der Waals surface area (Å²) in [7, 11) is 1.47. The molecular weight excluding hydrogens is 407 g/mol. The SMILES string of the molecule is CN=C(C1=C(N)CN(C(=O)c2cnc3ccc(C)cn23)CC1)c1cc(F)c(F)c(F)c1. The molecule has 9 heteroatoms. The van der Waals surface area contributed by atoms with Crippen molar-refractivity contribution >= 4 is 17.3 Å². The number of pyridine rings is 1. The van der Waals surface area contributed by atoms with E-state index in [2.05, 4.69) is 9.98 Å². The van der Waals surface area contributed by atoms with Gasteiger partial charge in [-0.15, -0.1) is 0 Å². The minimum absolute atomic E-state index is 0.0916. The smallest absolute Gasteiger partial charge is 0.272 e. The predicted molar refractivity (Wildman–Crippen MR) is 110 cm³/mol. The molecule has 0 bridgehead atoms. The van der Waals surface area contributed by atoms with Crippen molar-refractivity contribution in [3.8, 4) is 0 Å². The van der Waals surface area contributed by atoms with Gasteiger partial charge in [-0.25, -0.2) is 18.2 Å². The zero-order chi connectivity index (χ0) is 22.3. The number of nitrogens with two attached hydrogens (primary N) is 1. The Labute approximate surface area is 176 Å². The number of halogens is 3. The number of imidazole rings is 1. The Bertz CT molecular complexity index is 1240. The molecule has 4 rings (SSSR count). The number of aryl methyl sites for hydroxylation is 1. The maximum absolute atomic E-state index is 13.7. The number of benzene rings is 1. The van der Waals surface area contributed by atoms with Crippen molar-refractivity contribution < 1.29 is 18.0 Å². The van der Waals surface area contributed by atoms with Gasteiger partial charge in [-0.1, -0.05) is 6.07 Å². The summed E-state index contributed by atoms with van der Waals surface area (Å²) in [5.74, 6) is -4.37. The molecular formula is C22H20F3N5O. The number of nitrogens with zero attached hydrogens (tertiary/aromatic N) is 4. The highest BCUT2D eigenvalue weighted by molar-refractivity contribution is 6.13. The molecule has 1 aliphatic heterocycles. The summed E-state index contributed by atoms with van der Waals surface area (Å²) in [4.78, 5) is 23.1. The van der Waals surface area contributed by atoms with Crippen molar-refractivity contribution in [2.75, 3.05) is 20.1 Å². The lowest BCUT2D eigenvalue weighted by Crippen LogP contribution is -2.40. The van der Waals surface area contributed by atoms with Gasteiger partial charge in [0.15, 0.2) is 17.5 Å². The predicted octanol–water partition coefficient (Wildman–Crippen LogP) is 3.24. The van der Waals surface area contributed by atoms with Crippen molar-refractivity contribution in [1.29, 1.82) is 0 Å². The third-order valence-corrected chi connectivity index (χ3v) is 5.31. The van der Waals surface area contributed by atoms with Crippen LogP contribution in [0, 0.1) is 24.4 Å². The molecule has 0 atom stereocenters. The molecule has 0 aliphatic carbocycles. The minimum Gasteiger partial charge on any atom is -0.400 e. The average molecular weight is 427 g/mol. The lowest BCUT2D eigenvalue weighted by atomic mass is 9.94. The van der Waals surface area contributed by atoms with Crippen LogP contribution in [0.5, 0.6) is 0 Å². The maximum Gasteiger partial charge on any atom is 0.272 e. The Morgan fingerprint density at radius 2 is 1.90 bits per heavy atom. The molecule has 0 spiro atoms. The van der Waals surface area contributed by atoms with Gasteiger partial charge in [-0.2, -0.15) is 0 Å². The lowest BCUT2D eigenvalue weighted by Gasteiger charge is -2.30. The van der Waals surface area contributed by atoms with Gasteiger partial charge in [0.2, 0.25) is 0 Å². The van der Waals surface area contributed by atoms with E-state index in [1.54, 1.807) is 9.30 Å². The molecule has 1 aromatic carbocycles. The largest absolute Gasteiger partial charge is 0.400 e. The number of carbonyl (C=O) groups is 1. The molecule has 0 saturated heterocycles. The zero-order valence-electron chi connectivity index (χ0n) is 17.0. The summed E-state index contributed by atoms with van der Waals surface area (Å²) in [5, 5.41) is 0. The summed E-state index contributed by atoms with van der Waals surface area (Å²) < 4.78 is 42.5. The highest BCUT2D eigenvalue weighted by atomic mass is 19.2. The van der Waals surface area contributed by atoms with Crippen LogP contribution in [0.3, 0.4) is 0 Å². The highest BCUT2D eigenvalue weighted by Crippen LogP contribution is 2.24. The van der Waals surface area contributed by atoms with Crippen LogP contribution in [0.2, 0.25) is 0 Å². The number of carbonyl (C=O) groups excluding carboxylic acids is 1. The maximum atomic E-state index is 13.7. The van der Waals surface area contributed by atoms with Gasteiger partial charge >= 0.3 is 0 Å². The Morgan fingerprint density at radius 1 is 1.19 bits per heavy atom. The molecule has 2 N–H and O–H groups in total. The van der Waals surface area contributed by atoms with Crippen LogP contribution in [0.4, 0.5) is 13.2 Å². The first-order chi connectivity index (χ1) is 14.8. The summed E-state index contributed by atoms with van der Waals surface area (Å²) >= 11 is 0. The lowest BCUT2D eigenvalue weighted by molar-refractivity contribution is 0.0757. The van der Waals surface area contributed by atoms with Gasteiger partial charge in [0.1, 0.15) is 11.3 Å². The summed E-state index contributed by atoms with van der Waals surface area (Å²) in [6.07, 6.45) is 3.69. The van der Waals surface area contributed by atoms with Gasteiger partial charge in [-0.05, 0) is 37.1 Å². The fourth-order valence-electron chi connectivity index (χ4n) is 3.77. The van der Waals surface area contributed by atoms with E-state index in [1.165, 1.54) is 13.2 Å².